The van der Waals surface area contributed by atoms with Crippen molar-refractivity contribution in [2.24, 2.45) is 5.92 Å². The largest absolute Gasteiger partial charge is 0.388 e. The number of nitrogens with zero attached hydrogens (tertiary/aromatic N) is 1. The minimum Gasteiger partial charge on any atom is -0.388 e. The highest BCUT2D eigenvalue weighted by molar-refractivity contribution is 4.87. The lowest BCUT2D eigenvalue weighted by atomic mass is 9.89. The molecular formula is C15H30N2O2. The summed E-state index contributed by atoms with van der Waals surface area (Å²) in [6.45, 7) is 10.2. The normalized spacial score (nSPS) is 30.2. The van der Waals surface area contributed by atoms with Crippen LogP contribution < -0.4 is 5.32 Å². The Kier molecular flexibility index (Phi) is 5.63. The minimum absolute atomic E-state index is 0.487. The maximum Gasteiger partial charge on any atom is 0.0815 e. The Morgan fingerprint density at radius 2 is 2.16 bits per heavy atom. The third-order valence-corrected chi connectivity index (χ3v) is 4.87. The molecule has 2 rings (SSSR count). The zero-order valence-electron chi connectivity index (χ0n) is 12.5. The average molecular weight is 270 g/mol. The number of hydrogen-bond acceptors (Lipinski definition) is 4. The smallest absolute Gasteiger partial charge is 0.0815 e. The van der Waals surface area contributed by atoms with E-state index in [0.29, 0.717) is 25.8 Å². The van der Waals surface area contributed by atoms with E-state index < -0.39 is 5.60 Å². The molecule has 2 atom stereocenters. The van der Waals surface area contributed by atoms with Crippen LogP contribution in [0.4, 0.5) is 0 Å². The lowest BCUT2D eigenvalue weighted by Crippen LogP contribution is -2.51. The molecule has 4 heteroatoms. The van der Waals surface area contributed by atoms with Crippen molar-refractivity contribution < 1.29 is 9.84 Å². The second kappa shape index (κ2) is 7.02. The Labute approximate surface area is 117 Å². The summed E-state index contributed by atoms with van der Waals surface area (Å²) in [7, 11) is 0. The first kappa shape index (κ1) is 15.2. The monoisotopic (exact) mass is 270 g/mol. The number of piperidine rings is 1. The van der Waals surface area contributed by atoms with Gasteiger partial charge >= 0.3 is 0 Å². The fourth-order valence-electron chi connectivity index (χ4n) is 3.23. The highest BCUT2D eigenvalue weighted by Gasteiger charge is 2.31. The van der Waals surface area contributed by atoms with E-state index in [1.807, 2.05) is 0 Å². The number of hydrogen-bond donors (Lipinski definition) is 2. The molecule has 19 heavy (non-hydrogen) atoms. The van der Waals surface area contributed by atoms with E-state index in [1.165, 1.54) is 25.9 Å². The Morgan fingerprint density at radius 3 is 2.84 bits per heavy atom. The lowest BCUT2D eigenvalue weighted by Gasteiger charge is -2.38. The summed E-state index contributed by atoms with van der Waals surface area (Å²) in [6, 6.07) is 0.487. The van der Waals surface area contributed by atoms with Gasteiger partial charge < -0.3 is 20.1 Å². The van der Waals surface area contributed by atoms with Gasteiger partial charge in [0.2, 0.25) is 0 Å². The molecule has 0 saturated carbocycles. The van der Waals surface area contributed by atoms with Crippen LogP contribution in [-0.2, 0) is 4.74 Å². The van der Waals surface area contributed by atoms with Crippen molar-refractivity contribution >= 4 is 0 Å². The summed E-state index contributed by atoms with van der Waals surface area (Å²) in [4.78, 5) is 2.54. The van der Waals surface area contributed by atoms with Crippen LogP contribution in [0.2, 0.25) is 0 Å². The predicted octanol–water partition coefficient (Wildman–Crippen LogP) is 1.24. The molecule has 0 aromatic carbocycles. The summed E-state index contributed by atoms with van der Waals surface area (Å²) >= 11 is 0. The van der Waals surface area contributed by atoms with Gasteiger partial charge in [-0.15, -0.1) is 0 Å². The molecule has 2 fully saturated rings. The molecule has 2 N–H and O–H groups in total. The Hall–Kier alpha value is -0.160. The second-order valence-electron chi connectivity index (χ2n) is 6.30. The van der Waals surface area contributed by atoms with Gasteiger partial charge in [-0.3, -0.25) is 0 Å². The van der Waals surface area contributed by atoms with Crippen molar-refractivity contribution in [1.29, 1.82) is 0 Å². The molecule has 112 valence electrons. The molecule has 2 aliphatic rings. The van der Waals surface area contributed by atoms with E-state index in [1.54, 1.807) is 0 Å². The number of aliphatic hydroxyl groups is 1. The van der Waals surface area contributed by atoms with E-state index in [0.717, 1.165) is 25.3 Å². The topological polar surface area (TPSA) is 44.7 Å². The molecule has 2 heterocycles. The summed E-state index contributed by atoms with van der Waals surface area (Å²) < 4.78 is 5.32. The molecular weight excluding hydrogens is 240 g/mol. The van der Waals surface area contributed by atoms with Gasteiger partial charge in [-0.1, -0.05) is 6.92 Å². The molecule has 2 saturated heterocycles. The average Bonchev–Trinajstić information content (AvgIpc) is 2.46. The van der Waals surface area contributed by atoms with Crippen LogP contribution in [0, 0.1) is 5.92 Å². The number of rotatable bonds is 5. The van der Waals surface area contributed by atoms with Crippen molar-refractivity contribution in [3.8, 4) is 0 Å². The van der Waals surface area contributed by atoms with Gasteiger partial charge in [-0.05, 0) is 38.8 Å². The van der Waals surface area contributed by atoms with Crippen molar-refractivity contribution in [2.75, 3.05) is 39.4 Å². The molecule has 0 aromatic rings. The summed E-state index contributed by atoms with van der Waals surface area (Å²) in [5.74, 6) is 0.720. The first-order valence-corrected chi connectivity index (χ1v) is 7.89. The van der Waals surface area contributed by atoms with Gasteiger partial charge in [0.25, 0.3) is 0 Å². The van der Waals surface area contributed by atoms with Crippen molar-refractivity contribution in [1.82, 2.24) is 10.2 Å². The molecule has 2 aliphatic heterocycles. The number of nitrogens with one attached hydrogen (secondary N) is 1. The van der Waals surface area contributed by atoms with Gasteiger partial charge in [-0.2, -0.15) is 0 Å². The Bertz CT molecular complexity index is 267. The molecule has 0 bridgehead atoms. The minimum atomic E-state index is -0.550. The molecule has 0 spiro atoms. The maximum atomic E-state index is 10.5. The van der Waals surface area contributed by atoms with E-state index in [4.69, 9.17) is 4.74 Å². The van der Waals surface area contributed by atoms with Crippen LogP contribution in [0.1, 0.15) is 39.5 Å². The number of ether oxygens (including phenoxy) is 1. The molecule has 4 nitrogen and oxygen atoms in total. The Morgan fingerprint density at radius 1 is 1.42 bits per heavy atom. The van der Waals surface area contributed by atoms with Crippen LogP contribution in [0.15, 0.2) is 0 Å². The van der Waals surface area contributed by atoms with Crippen molar-refractivity contribution in [3.63, 3.8) is 0 Å². The summed E-state index contributed by atoms with van der Waals surface area (Å²) in [5.41, 5.74) is -0.550. The van der Waals surface area contributed by atoms with E-state index in [9.17, 15) is 5.11 Å². The predicted molar refractivity (Wildman–Crippen MR) is 77.3 cm³/mol. The first-order chi connectivity index (χ1) is 9.13. The Balaban J connectivity index is 1.75. The van der Waals surface area contributed by atoms with Gasteiger partial charge in [0, 0.05) is 45.2 Å². The molecule has 0 amide bonds. The molecule has 0 radical (unpaired) electrons. The zero-order chi connectivity index (χ0) is 13.7. The first-order valence-electron chi connectivity index (χ1n) is 7.89. The van der Waals surface area contributed by atoms with E-state index in [2.05, 4.69) is 24.1 Å². The van der Waals surface area contributed by atoms with Crippen LogP contribution >= 0.6 is 0 Å². The second-order valence-corrected chi connectivity index (χ2v) is 6.30. The van der Waals surface area contributed by atoms with Gasteiger partial charge in [0.15, 0.2) is 0 Å². The van der Waals surface area contributed by atoms with Crippen LogP contribution in [-0.4, -0.2) is 61.0 Å². The zero-order valence-corrected chi connectivity index (χ0v) is 12.5. The third-order valence-electron chi connectivity index (χ3n) is 4.87. The van der Waals surface area contributed by atoms with Gasteiger partial charge in [0.1, 0.15) is 0 Å². The lowest BCUT2D eigenvalue weighted by molar-refractivity contribution is -0.0636. The quantitative estimate of drug-likeness (QED) is 0.789. The molecule has 0 aliphatic carbocycles. The molecule has 0 aromatic heterocycles. The van der Waals surface area contributed by atoms with E-state index in [-0.39, 0.29) is 0 Å². The van der Waals surface area contributed by atoms with Crippen LogP contribution in [0.3, 0.4) is 0 Å². The fraction of sp³-hybridized carbons (Fsp3) is 1.00. The molecule has 2 unspecified atom stereocenters. The summed E-state index contributed by atoms with van der Waals surface area (Å²) in [6.07, 6.45) is 4.14. The van der Waals surface area contributed by atoms with Gasteiger partial charge in [-0.25, -0.2) is 0 Å². The van der Waals surface area contributed by atoms with E-state index >= 15 is 0 Å². The third kappa shape index (κ3) is 4.42. The summed E-state index contributed by atoms with van der Waals surface area (Å²) in [5, 5.41) is 14.0. The van der Waals surface area contributed by atoms with Crippen LogP contribution in [0.5, 0.6) is 0 Å². The van der Waals surface area contributed by atoms with Crippen LogP contribution in [0.25, 0.3) is 0 Å². The maximum absolute atomic E-state index is 10.5. The highest BCUT2D eigenvalue weighted by Crippen LogP contribution is 2.22. The SMILES string of the molecule is CCN1CCCC(C(C)NCC2(O)CCOCC2)C1. The number of likely N-dealkylation sites (tertiary alicyclic amines) is 1. The van der Waals surface area contributed by atoms with Gasteiger partial charge in [0.05, 0.1) is 5.60 Å². The fourth-order valence-corrected chi connectivity index (χ4v) is 3.23. The van der Waals surface area contributed by atoms with Crippen molar-refractivity contribution in [3.05, 3.63) is 0 Å². The highest BCUT2D eigenvalue weighted by atomic mass is 16.5. The van der Waals surface area contributed by atoms with Crippen molar-refractivity contribution in [2.45, 2.75) is 51.2 Å². The standard InChI is InChI=1S/C15H30N2O2/c1-3-17-8-4-5-14(11-17)13(2)16-12-15(18)6-9-19-10-7-15/h13-14,16,18H,3-12H2,1-2H3.